The second-order valence-corrected chi connectivity index (χ2v) is 15.9. The molecule has 0 fully saturated rings. The molecule has 2 aliphatic rings. The molecule has 1 N–H and O–H groups in total. The molecule has 0 bridgehead atoms. The number of aromatic hydroxyl groups is 1. The Kier molecular flexibility index (Phi) is 14.6. The maximum Gasteiger partial charge on any atom is 0.308 e. The van der Waals surface area contributed by atoms with E-state index in [1.807, 2.05) is 36.5 Å². The van der Waals surface area contributed by atoms with Crippen LogP contribution in [0.4, 0.5) is 0 Å². The number of rotatable bonds is 10. The number of esters is 2. The minimum atomic E-state index is -0.302. The number of benzene rings is 4. The average molecular weight is 919 g/mol. The topological polar surface area (TPSA) is 118 Å². The first-order valence-corrected chi connectivity index (χ1v) is 20.5. The summed E-state index contributed by atoms with van der Waals surface area (Å²) >= 11 is 13.1. The molecular formula is C44H43Br2ClN4O6. The van der Waals surface area contributed by atoms with Gasteiger partial charge in [0.05, 0.1) is 44.5 Å². The zero-order chi connectivity index (χ0) is 40.3. The molecule has 57 heavy (non-hydrogen) atoms. The molecule has 0 amide bonds. The number of phenolic OH excluding ortho intramolecular Hbond substituents is 1. The van der Waals surface area contributed by atoms with Crippen LogP contribution >= 0.6 is 43.5 Å². The average Bonchev–Trinajstić information content (AvgIpc) is 4.07. The first-order chi connectivity index (χ1) is 27.6. The van der Waals surface area contributed by atoms with Crippen LogP contribution in [0.5, 0.6) is 11.5 Å². The molecule has 0 saturated carbocycles. The first kappa shape index (κ1) is 41.7. The molecule has 4 atom stereocenters. The van der Waals surface area contributed by atoms with Crippen molar-refractivity contribution in [2.75, 3.05) is 14.2 Å². The molecule has 4 aromatic carbocycles. The molecule has 2 aliphatic carbocycles. The Morgan fingerprint density at radius 3 is 1.74 bits per heavy atom. The number of alkyl halides is 1. The zero-order valence-electron chi connectivity index (χ0n) is 31.5. The number of ether oxygens (including phenoxy) is 3. The second kappa shape index (κ2) is 20.0. The summed E-state index contributed by atoms with van der Waals surface area (Å²) in [5.74, 6) is 0.441. The lowest BCUT2D eigenvalue weighted by atomic mass is 10.0. The van der Waals surface area contributed by atoms with Crippen LogP contribution < -0.4 is 4.74 Å². The van der Waals surface area contributed by atoms with Crippen LogP contribution in [0.1, 0.15) is 82.6 Å². The maximum atomic E-state index is 11.8. The fourth-order valence-electron chi connectivity index (χ4n) is 6.97. The van der Waals surface area contributed by atoms with Crippen LogP contribution in [0, 0.1) is 0 Å². The van der Waals surface area contributed by atoms with Crippen molar-refractivity contribution < 1.29 is 28.9 Å². The van der Waals surface area contributed by atoms with Gasteiger partial charge in [-0.05, 0) is 120 Å². The molecule has 4 unspecified atom stereocenters. The van der Waals surface area contributed by atoms with E-state index in [9.17, 15) is 14.7 Å². The van der Waals surface area contributed by atoms with Crippen molar-refractivity contribution in [1.82, 2.24) is 19.6 Å². The van der Waals surface area contributed by atoms with Gasteiger partial charge in [0.1, 0.15) is 17.6 Å². The minimum Gasteiger partial charge on any atom is -0.508 e. The molecule has 13 heteroatoms. The third-order valence-electron chi connectivity index (χ3n) is 9.92. The lowest BCUT2D eigenvalue weighted by Gasteiger charge is -2.19. The molecule has 10 nitrogen and oxygen atoms in total. The van der Waals surface area contributed by atoms with Gasteiger partial charge in [0.25, 0.3) is 0 Å². The van der Waals surface area contributed by atoms with Crippen molar-refractivity contribution in [3.8, 4) is 11.5 Å². The van der Waals surface area contributed by atoms with E-state index in [0.717, 1.165) is 51.5 Å². The number of phenols is 1. The zero-order valence-corrected chi connectivity index (χ0v) is 35.4. The standard InChI is InChI=1S/C22H21BrN2O3.C13H14N2O3.C9H8BrCl/c1-27-22(26)14-20(25-12-2-11-24-25)15-3-7-18(8-4-15)28-21-10-5-16-13-17(23)6-9-19(16)21;1-18-13(17)9-12(15-8-2-7-14-15)10-3-5-11(16)6-4-10;10-7-2-3-8-6(5-7)1-4-9(8)11/h2-4,6-9,11-13,20-21H,5,10,14H2,1H3;2-8,12,16H,9H2,1H3;2-3,5,9H,1,4H2. The van der Waals surface area contributed by atoms with Crippen molar-refractivity contribution in [3.05, 3.63) is 164 Å². The summed E-state index contributed by atoms with van der Waals surface area (Å²) in [5.41, 5.74) is 7.19. The summed E-state index contributed by atoms with van der Waals surface area (Å²) in [6.07, 6.45) is 11.7. The fraction of sp³-hybridized carbons (Fsp3) is 0.273. The first-order valence-electron chi connectivity index (χ1n) is 18.5. The third-order valence-corrected chi connectivity index (χ3v) is 11.4. The molecule has 8 rings (SSSR count). The van der Waals surface area contributed by atoms with Crippen LogP contribution in [0.3, 0.4) is 0 Å². The Bertz CT molecular complexity index is 2220. The predicted octanol–water partition coefficient (Wildman–Crippen LogP) is 10.3. The van der Waals surface area contributed by atoms with E-state index in [0.29, 0.717) is 0 Å². The van der Waals surface area contributed by atoms with E-state index in [1.54, 1.807) is 58.3 Å². The van der Waals surface area contributed by atoms with Gasteiger partial charge in [-0.2, -0.15) is 10.2 Å². The van der Waals surface area contributed by atoms with Gasteiger partial charge in [-0.25, -0.2) is 0 Å². The number of hydrogen-bond donors (Lipinski definition) is 1. The van der Waals surface area contributed by atoms with Crippen LogP contribution in [0.2, 0.25) is 0 Å². The number of aromatic nitrogens is 4. The van der Waals surface area contributed by atoms with Gasteiger partial charge in [0.15, 0.2) is 0 Å². The fourth-order valence-corrected chi connectivity index (χ4v) is 8.11. The van der Waals surface area contributed by atoms with Crippen molar-refractivity contribution in [2.45, 2.75) is 62.1 Å². The van der Waals surface area contributed by atoms with E-state index < -0.39 is 0 Å². The smallest absolute Gasteiger partial charge is 0.308 e. The number of aryl methyl sites for hydroxylation is 2. The Labute approximate surface area is 354 Å². The summed E-state index contributed by atoms with van der Waals surface area (Å²) in [6.45, 7) is 0. The lowest BCUT2D eigenvalue weighted by Crippen LogP contribution is -2.16. The van der Waals surface area contributed by atoms with Crippen LogP contribution in [0.15, 0.2) is 131 Å². The quantitative estimate of drug-likeness (QED) is 0.107. The summed E-state index contributed by atoms with van der Waals surface area (Å²) in [7, 11) is 2.76. The minimum absolute atomic E-state index is 0.0749. The number of methoxy groups -OCH3 is 2. The van der Waals surface area contributed by atoms with Gasteiger partial charge in [0.2, 0.25) is 0 Å². The normalized spacial score (nSPS) is 16.1. The highest BCUT2D eigenvalue weighted by atomic mass is 79.9. The van der Waals surface area contributed by atoms with E-state index in [2.05, 4.69) is 78.5 Å². The number of nitrogens with zero attached hydrogens (tertiary/aromatic N) is 4. The Morgan fingerprint density at radius 1 is 0.737 bits per heavy atom. The van der Waals surface area contributed by atoms with Crippen molar-refractivity contribution in [3.63, 3.8) is 0 Å². The Balaban J connectivity index is 0.000000161. The number of fused-ring (bicyclic) bond motifs is 2. The summed E-state index contributed by atoms with van der Waals surface area (Å²) < 4.78 is 21.5. The van der Waals surface area contributed by atoms with Gasteiger partial charge in [-0.1, -0.05) is 68.3 Å². The highest BCUT2D eigenvalue weighted by Gasteiger charge is 2.25. The molecule has 0 spiro atoms. The molecule has 6 aromatic rings. The van der Waals surface area contributed by atoms with E-state index in [-0.39, 0.29) is 54.1 Å². The SMILES string of the molecule is COC(=O)CC(c1ccc(O)cc1)n1cccn1.COC(=O)CC(c1ccc(OC2CCc3cc(Br)ccc32)cc1)n1cccn1.ClC1CCc2cc(Br)ccc21. The molecule has 296 valence electrons. The van der Waals surface area contributed by atoms with Crippen molar-refractivity contribution >= 4 is 55.4 Å². The van der Waals surface area contributed by atoms with Gasteiger partial charge in [-0.15, -0.1) is 11.6 Å². The van der Waals surface area contributed by atoms with Gasteiger partial charge in [-0.3, -0.25) is 19.0 Å². The molecule has 0 radical (unpaired) electrons. The maximum absolute atomic E-state index is 11.8. The van der Waals surface area contributed by atoms with E-state index in [1.165, 1.54) is 36.5 Å². The molecule has 0 aliphatic heterocycles. The monoisotopic (exact) mass is 916 g/mol. The van der Waals surface area contributed by atoms with E-state index in [4.69, 9.17) is 25.8 Å². The number of halogens is 3. The number of carbonyl (C=O) groups excluding carboxylic acids is 2. The molecule has 2 aromatic heterocycles. The van der Waals surface area contributed by atoms with Gasteiger partial charge in [0, 0.05) is 33.7 Å². The van der Waals surface area contributed by atoms with Crippen LogP contribution in [-0.2, 0) is 31.9 Å². The van der Waals surface area contributed by atoms with E-state index >= 15 is 0 Å². The summed E-state index contributed by atoms with van der Waals surface area (Å²) in [5, 5.41) is 18.0. The largest absolute Gasteiger partial charge is 0.508 e. The number of hydrogen-bond acceptors (Lipinski definition) is 8. The second-order valence-electron chi connectivity index (χ2n) is 13.6. The highest BCUT2D eigenvalue weighted by molar-refractivity contribution is 9.10. The summed E-state index contributed by atoms with van der Waals surface area (Å²) in [6, 6.07) is 30.5. The Morgan fingerprint density at radius 2 is 1.23 bits per heavy atom. The van der Waals surface area contributed by atoms with Gasteiger partial charge >= 0.3 is 11.9 Å². The summed E-state index contributed by atoms with van der Waals surface area (Å²) in [4.78, 5) is 23.3. The van der Waals surface area contributed by atoms with Crippen LogP contribution in [0.25, 0.3) is 0 Å². The third kappa shape index (κ3) is 11.1. The van der Waals surface area contributed by atoms with Crippen molar-refractivity contribution in [1.29, 1.82) is 0 Å². The number of carbonyl (C=O) groups is 2. The molecule has 0 saturated heterocycles. The van der Waals surface area contributed by atoms with Gasteiger partial charge < -0.3 is 19.3 Å². The predicted molar refractivity (Wildman–Crippen MR) is 225 cm³/mol. The highest BCUT2D eigenvalue weighted by Crippen LogP contribution is 2.38. The molecular weight excluding hydrogens is 876 g/mol. The van der Waals surface area contributed by atoms with Crippen molar-refractivity contribution in [2.24, 2.45) is 0 Å². The lowest BCUT2D eigenvalue weighted by molar-refractivity contribution is -0.142. The molecule has 2 heterocycles. The van der Waals surface area contributed by atoms with Crippen LogP contribution in [-0.4, -0.2) is 50.8 Å². The Hall–Kier alpha value is -4.91.